The minimum atomic E-state index is 0.00505. The fourth-order valence-electron chi connectivity index (χ4n) is 1.63. The molecule has 0 saturated carbocycles. The number of hydrogen-bond acceptors (Lipinski definition) is 4. The fourth-order valence-corrected chi connectivity index (χ4v) is 1.63. The second-order valence-corrected chi connectivity index (χ2v) is 3.73. The first-order valence-electron chi connectivity index (χ1n) is 5.01. The third-order valence-corrected chi connectivity index (χ3v) is 2.47. The van der Waals surface area contributed by atoms with Crippen LogP contribution in [0.15, 0.2) is 16.8 Å². The van der Waals surface area contributed by atoms with Gasteiger partial charge in [0.15, 0.2) is 5.78 Å². The van der Waals surface area contributed by atoms with Crippen molar-refractivity contribution in [2.75, 3.05) is 0 Å². The number of aryl methyl sites for hydroxylation is 3. The fraction of sp³-hybridized carbons (Fsp3) is 0.364. The van der Waals surface area contributed by atoms with Crippen LogP contribution in [0.25, 0.3) is 0 Å². The highest BCUT2D eigenvalue weighted by Gasteiger charge is 2.15. The summed E-state index contributed by atoms with van der Waals surface area (Å²) in [4.78, 5) is 16.0. The molecule has 5 nitrogen and oxygen atoms in total. The lowest BCUT2D eigenvalue weighted by Crippen LogP contribution is -2.09. The normalized spacial score (nSPS) is 10.7. The van der Waals surface area contributed by atoms with Crippen LogP contribution in [0.2, 0.25) is 0 Å². The molecule has 0 radical (unpaired) electrons. The highest BCUT2D eigenvalue weighted by molar-refractivity contribution is 5.98. The van der Waals surface area contributed by atoms with Crippen LogP contribution in [0.5, 0.6) is 0 Å². The minimum Gasteiger partial charge on any atom is -0.466 e. The molecule has 2 aromatic heterocycles. The van der Waals surface area contributed by atoms with E-state index in [4.69, 9.17) is 4.42 Å². The number of Topliss-reactive ketones (excluding diaryl/α,β-unsaturated/α-hetero) is 1. The van der Waals surface area contributed by atoms with E-state index in [-0.39, 0.29) is 12.2 Å². The maximum absolute atomic E-state index is 12.0. The number of hydrogen-bond donors (Lipinski definition) is 0. The highest BCUT2D eigenvalue weighted by atomic mass is 16.3. The monoisotopic (exact) mass is 219 g/mol. The van der Waals surface area contributed by atoms with Crippen LogP contribution in [0.3, 0.4) is 0 Å². The lowest BCUT2D eigenvalue weighted by atomic mass is 10.1. The largest absolute Gasteiger partial charge is 0.466 e. The van der Waals surface area contributed by atoms with Gasteiger partial charge in [0, 0.05) is 7.05 Å². The Labute approximate surface area is 93.1 Å². The molecule has 16 heavy (non-hydrogen) atoms. The van der Waals surface area contributed by atoms with Crippen molar-refractivity contribution in [2.24, 2.45) is 7.05 Å². The van der Waals surface area contributed by atoms with E-state index in [2.05, 4.69) is 10.1 Å². The average molecular weight is 219 g/mol. The van der Waals surface area contributed by atoms with Gasteiger partial charge in [-0.2, -0.15) is 5.10 Å². The molecular weight excluding hydrogens is 206 g/mol. The van der Waals surface area contributed by atoms with Crippen LogP contribution in [-0.4, -0.2) is 20.5 Å². The standard InChI is InChI=1S/C11H13N3O2/c1-7-4-9(8(2)16-7)10(15)5-11-12-6-13-14(11)3/h4,6H,5H2,1-3H3. The molecule has 0 fully saturated rings. The molecule has 0 aromatic carbocycles. The summed E-state index contributed by atoms with van der Waals surface area (Å²) in [6.45, 7) is 3.61. The third kappa shape index (κ3) is 1.88. The Morgan fingerprint density at radius 1 is 1.50 bits per heavy atom. The van der Waals surface area contributed by atoms with E-state index in [1.54, 1.807) is 24.7 Å². The Hall–Kier alpha value is -1.91. The van der Waals surface area contributed by atoms with Gasteiger partial charge in [-0.15, -0.1) is 0 Å². The summed E-state index contributed by atoms with van der Waals surface area (Å²) in [5, 5.41) is 3.92. The van der Waals surface area contributed by atoms with Crippen molar-refractivity contribution in [1.29, 1.82) is 0 Å². The first-order valence-corrected chi connectivity index (χ1v) is 5.01. The van der Waals surface area contributed by atoms with Gasteiger partial charge >= 0.3 is 0 Å². The molecule has 0 saturated heterocycles. The number of rotatable bonds is 3. The molecule has 0 N–H and O–H groups in total. The zero-order valence-corrected chi connectivity index (χ0v) is 9.52. The molecule has 0 atom stereocenters. The molecule has 2 aromatic rings. The van der Waals surface area contributed by atoms with E-state index in [1.165, 1.54) is 6.33 Å². The number of nitrogens with zero attached hydrogens (tertiary/aromatic N) is 3. The van der Waals surface area contributed by atoms with Crippen molar-refractivity contribution in [3.05, 3.63) is 35.3 Å². The lowest BCUT2D eigenvalue weighted by Gasteiger charge is -1.98. The summed E-state index contributed by atoms with van der Waals surface area (Å²) in [6, 6.07) is 1.76. The van der Waals surface area contributed by atoms with Crippen LogP contribution in [0.4, 0.5) is 0 Å². The summed E-state index contributed by atoms with van der Waals surface area (Å²) < 4.78 is 6.92. The van der Waals surface area contributed by atoms with Crippen molar-refractivity contribution in [2.45, 2.75) is 20.3 Å². The van der Waals surface area contributed by atoms with Crippen LogP contribution in [0, 0.1) is 13.8 Å². The van der Waals surface area contributed by atoms with E-state index in [1.807, 2.05) is 6.92 Å². The van der Waals surface area contributed by atoms with Gasteiger partial charge in [0.1, 0.15) is 23.7 Å². The summed E-state index contributed by atoms with van der Waals surface area (Å²) in [5.41, 5.74) is 0.625. The van der Waals surface area contributed by atoms with Crippen LogP contribution < -0.4 is 0 Å². The summed E-state index contributed by atoms with van der Waals surface area (Å²) in [6.07, 6.45) is 1.69. The van der Waals surface area contributed by atoms with Gasteiger partial charge in [-0.1, -0.05) is 0 Å². The third-order valence-electron chi connectivity index (χ3n) is 2.47. The Bertz CT molecular complexity index is 525. The summed E-state index contributed by atoms with van der Waals surface area (Å²) in [7, 11) is 1.77. The Morgan fingerprint density at radius 3 is 2.75 bits per heavy atom. The summed E-state index contributed by atoms with van der Waals surface area (Å²) >= 11 is 0. The van der Waals surface area contributed by atoms with Crippen molar-refractivity contribution in [3.63, 3.8) is 0 Å². The molecule has 0 aliphatic carbocycles. The van der Waals surface area contributed by atoms with E-state index < -0.39 is 0 Å². The maximum atomic E-state index is 12.0. The second kappa shape index (κ2) is 3.92. The molecule has 0 unspecified atom stereocenters. The number of carbonyl (C=O) groups is 1. The lowest BCUT2D eigenvalue weighted by molar-refractivity contribution is 0.0988. The number of carbonyl (C=O) groups excluding carboxylic acids is 1. The number of ketones is 1. The smallest absolute Gasteiger partial charge is 0.173 e. The van der Waals surface area contributed by atoms with Crippen molar-refractivity contribution >= 4 is 5.78 Å². The minimum absolute atomic E-state index is 0.00505. The number of aromatic nitrogens is 3. The summed E-state index contributed by atoms with van der Waals surface area (Å²) in [5.74, 6) is 2.07. The van der Waals surface area contributed by atoms with Crippen molar-refractivity contribution in [3.8, 4) is 0 Å². The van der Waals surface area contributed by atoms with E-state index in [0.29, 0.717) is 17.1 Å². The molecule has 0 aliphatic heterocycles. The van der Waals surface area contributed by atoms with Crippen LogP contribution in [-0.2, 0) is 13.5 Å². The molecule has 84 valence electrons. The van der Waals surface area contributed by atoms with Crippen LogP contribution >= 0.6 is 0 Å². The molecule has 0 aliphatic rings. The average Bonchev–Trinajstić information content (AvgIpc) is 2.74. The van der Waals surface area contributed by atoms with Gasteiger partial charge in [-0.25, -0.2) is 4.98 Å². The van der Waals surface area contributed by atoms with Gasteiger partial charge in [0.2, 0.25) is 0 Å². The Kier molecular flexibility index (Phi) is 2.60. The molecular formula is C11H13N3O2. The van der Waals surface area contributed by atoms with Gasteiger partial charge in [-0.05, 0) is 19.9 Å². The first kappa shape index (κ1) is 10.6. The molecule has 5 heteroatoms. The van der Waals surface area contributed by atoms with E-state index in [9.17, 15) is 4.79 Å². The molecule has 0 amide bonds. The molecule has 0 spiro atoms. The molecule has 0 bridgehead atoms. The molecule has 2 rings (SSSR count). The molecule has 2 heterocycles. The Morgan fingerprint density at radius 2 is 2.25 bits per heavy atom. The van der Waals surface area contributed by atoms with Gasteiger partial charge in [0.25, 0.3) is 0 Å². The topological polar surface area (TPSA) is 60.9 Å². The first-order chi connectivity index (χ1) is 7.58. The van der Waals surface area contributed by atoms with Gasteiger partial charge in [-0.3, -0.25) is 9.48 Å². The van der Waals surface area contributed by atoms with Crippen molar-refractivity contribution < 1.29 is 9.21 Å². The quantitative estimate of drug-likeness (QED) is 0.733. The zero-order valence-electron chi connectivity index (χ0n) is 9.52. The Balaban J connectivity index is 2.21. The predicted molar refractivity (Wildman–Crippen MR) is 57.2 cm³/mol. The highest BCUT2D eigenvalue weighted by Crippen LogP contribution is 2.15. The maximum Gasteiger partial charge on any atom is 0.173 e. The number of furan rings is 1. The predicted octanol–water partition coefficient (Wildman–Crippen LogP) is 1.45. The van der Waals surface area contributed by atoms with Crippen LogP contribution in [0.1, 0.15) is 27.7 Å². The van der Waals surface area contributed by atoms with Gasteiger partial charge in [0.05, 0.1) is 12.0 Å². The van der Waals surface area contributed by atoms with Gasteiger partial charge < -0.3 is 4.42 Å². The van der Waals surface area contributed by atoms with E-state index >= 15 is 0 Å². The second-order valence-electron chi connectivity index (χ2n) is 3.73. The van der Waals surface area contributed by atoms with Crippen molar-refractivity contribution in [1.82, 2.24) is 14.8 Å². The zero-order chi connectivity index (χ0) is 11.7. The van der Waals surface area contributed by atoms with E-state index in [0.717, 1.165) is 5.76 Å². The SMILES string of the molecule is Cc1cc(C(=O)Cc2ncnn2C)c(C)o1.